The number of carbonyl (C=O) groups excluding carboxylic acids is 1. The zero-order valence-electron chi connectivity index (χ0n) is 13.4. The molecule has 0 radical (unpaired) electrons. The van der Waals surface area contributed by atoms with E-state index in [1.54, 1.807) is 6.07 Å². The van der Waals surface area contributed by atoms with Crippen LogP contribution in [-0.4, -0.2) is 43.7 Å². The molecule has 0 bridgehead atoms. The van der Waals surface area contributed by atoms with Gasteiger partial charge in [0.2, 0.25) is 0 Å². The predicted octanol–water partition coefficient (Wildman–Crippen LogP) is 1.55. The number of aromatic carboxylic acids is 1. The van der Waals surface area contributed by atoms with Gasteiger partial charge in [-0.3, -0.25) is 4.40 Å². The Bertz CT molecular complexity index is 962. The minimum absolute atomic E-state index is 0.00917. The van der Waals surface area contributed by atoms with E-state index in [1.807, 2.05) is 0 Å². The second-order valence-corrected chi connectivity index (χ2v) is 5.18. The number of rotatable bonds is 3. The van der Waals surface area contributed by atoms with Crippen molar-refractivity contribution in [2.75, 3.05) is 7.11 Å². The number of carbonyl (C=O) groups is 2. The Morgan fingerprint density at radius 1 is 1.38 bits per heavy atom. The molecular formula is C15H13ClFN5O4. The maximum Gasteiger partial charge on any atom is 0.355 e. The summed E-state index contributed by atoms with van der Waals surface area (Å²) in [7, 11) is 1.19. The summed E-state index contributed by atoms with van der Waals surface area (Å²) in [4.78, 5) is 25.8. The van der Waals surface area contributed by atoms with Gasteiger partial charge in [0.1, 0.15) is 17.8 Å². The number of carboxylic acid groups (broad SMARTS) is 1. The topological polar surface area (TPSA) is 133 Å². The molecule has 0 atom stereocenters. The van der Waals surface area contributed by atoms with Crippen molar-refractivity contribution >= 4 is 29.3 Å². The number of aromatic nitrogens is 4. The number of halogens is 2. The summed E-state index contributed by atoms with van der Waals surface area (Å²) in [5.74, 6) is -2.32. The van der Waals surface area contributed by atoms with Crippen molar-refractivity contribution in [1.82, 2.24) is 19.6 Å². The Balaban J connectivity index is 0.000000209. The first-order chi connectivity index (χ1) is 12.4. The Morgan fingerprint density at radius 2 is 2.12 bits per heavy atom. The molecule has 0 saturated carbocycles. The van der Waals surface area contributed by atoms with Gasteiger partial charge in [0.15, 0.2) is 5.69 Å². The quantitative estimate of drug-likeness (QED) is 0.653. The summed E-state index contributed by atoms with van der Waals surface area (Å²) in [5, 5.41) is 16.0. The zero-order chi connectivity index (χ0) is 19.3. The van der Waals surface area contributed by atoms with Gasteiger partial charge in [-0.1, -0.05) is 17.7 Å². The van der Waals surface area contributed by atoms with Gasteiger partial charge in [-0.05, 0) is 17.7 Å². The number of nitrogens with two attached hydrogens (primary N) is 1. The van der Waals surface area contributed by atoms with Crippen molar-refractivity contribution in [3.63, 3.8) is 0 Å². The number of carboxylic acids is 1. The minimum atomic E-state index is -1.25. The highest BCUT2D eigenvalue weighted by Gasteiger charge is 2.17. The lowest BCUT2D eigenvalue weighted by molar-refractivity contribution is 0.0592. The van der Waals surface area contributed by atoms with Gasteiger partial charge in [-0.25, -0.2) is 19.0 Å². The highest BCUT2D eigenvalue weighted by atomic mass is 35.5. The van der Waals surface area contributed by atoms with E-state index >= 15 is 0 Å². The first-order valence-corrected chi connectivity index (χ1v) is 7.41. The molecule has 3 N–H and O–H groups in total. The number of methoxy groups -OCH3 is 1. The summed E-state index contributed by atoms with van der Waals surface area (Å²) >= 11 is 5.46. The van der Waals surface area contributed by atoms with E-state index in [9.17, 15) is 14.0 Å². The van der Waals surface area contributed by atoms with E-state index < -0.39 is 17.8 Å². The van der Waals surface area contributed by atoms with Crippen LogP contribution in [0.25, 0.3) is 5.78 Å². The van der Waals surface area contributed by atoms with Gasteiger partial charge >= 0.3 is 11.9 Å². The molecular weight excluding hydrogens is 369 g/mol. The van der Waals surface area contributed by atoms with E-state index in [-0.39, 0.29) is 22.2 Å². The fourth-order valence-electron chi connectivity index (χ4n) is 1.85. The molecule has 3 rings (SSSR count). The van der Waals surface area contributed by atoms with Crippen LogP contribution < -0.4 is 5.73 Å². The zero-order valence-corrected chi connectivity index (χ0v) is 14.1. The van der Waals surface area contributed by atoms with Crippen molar-refractivity contribution < 1.29 is 23.8 Å². The van der Waals surface area contributed by atoms with Crippen LogP contribution >= 0.6 is 11.6 Å². The fraction of sp³-hybridized carbons (Fsp3) is 0.133. The maximum absolute atomic E-state index is 12.5. The van der Waals surface area contributed by atoms with Crippen LogP contribution in [0.4, 0.5) is 4.39 Å². The fourth-order valence-corrected chi connectivity index (χ4v) is 2.06. The van der Waals surface area contributed by atoms with Crippen molar-refractivity contribution in [2.45, 2.75) is 6.54 Å². The van der Waals surface area contributed by atoms with Crippen molar-refractivity contribution in [1.29, 1.82) is 0 Å². The van der Waals surface area contributed by atoms with Gasteiger partial charge in [0, 0.05) is 12.6 Å². The number of benzene rings is 1. The number of nitrogens with zero attached hydrogens (tertiary/aromatic N) is 4. The Kier molecular flexibility index (Phi) is 6.15. The molecule has 0 fully saturated rings. The Morgan fingerprint density at radius 3 is 2.69 bits per heavy atom. The van der Waals surface area contributed by atoms with Crippen LogP contribution in [0.2, 0.25) is 5.02 Å². The van der Waals surface area contributed by atoms with Crippen molar-refractivity contribution in [3.8, 4) is 0 Å². The van der Waals surface area contributed by atoms with Gasteiger partial charge in [0.05, 0.1) is 12.1 Å². The number of ether oxygens (including phenoxy) is 1. The van der Waals surface area contributed by atoms with Crippen molar-refractivity contribution in [3.05, 3.63) is 58.4 Å². The molecule has 26 heavy (non-hydrogen) atoms. The molecule has 2 heterocycles. The third-order valence-electron chi connectivity index (χ3n) is 3.12. The standard InChI is InChI=1S/C8H6N4O4.C7H7ClFN/c1-16-7(15)5-2-4(6(13)14)10-8-11-9-3-12(5)8;8-6-3-5(4-10)1-2-7(6)9/h2-3H,1H3,(H,13,14);1-3H,4,10H2. The molecule has 0 saturated heterocycles. The number of hydrogen-bond donors (Lipinski definition) is 2. The van der Waals surface area contributed by atoms with E-state index in [2.05, 4.69) is 19.9 Å². The Labute approximate surface area is 151 Å². The molecule has 0 aliphatic carbocycles. The molecule has 0 spiro atoms. The lowest BCUT2D eigenvalue weighted by Gasteiger charge is -2.02. The van der Waals surface area contributed by atoms with Crippen LogP contribution in [0.1, 0.15) is 26.5 Å². The van der Waals surface area contributed by atoms with E-state index in [0.29, 0.717) is 6.54 Å². The van der Waals surface area contributed by atoms with E-state index in [0.717, 1.165) is 11.6 Å². The molecule has 3 aromatic rings. The predicted molar refractivity (Wildman–Crippen MR) is 88.4 cm³/mol. The molecule has 9 nitrogen and oxygen atoms in total. The third kappa shape index (κ3) is 4.29. The van der Waals surface area contributed by atoms with Crippen molar-refractivity contribution in [2.24, 2.45) is 5.73 Å². The second kappa shape index (κ2) is 8.32. The summed E-state index contributed by atoms with van der Waals surface area (Å²) < 4.78 is 18.2. The molecule has 1 aromatic carbocycles. The van der Waals surface area contributed by atoms with Crippen LogP contribution in [0, 0.1) is 5.82 Å². The molecule has 0 aliphatic rings. The number of hydrogen-bond acceptors (Lipinski definition) is 7. The molecule has 136 valence electrons. The van der Waals surface area contributed by atoms with Crippen LogP contribution in [0.5, 0.6) is 0 Å². The van der Waals surface area contributed by atoms with Crippen LogP contribution in [0.3, 0.4) is 0 Å². The summed E-state index contributed by atoms with van der Waals surface area (Å²) in [6.07, 6.45) is 1.25. The lowest BCUT2D eigenvalue weighted by Crippen LogP contribution is -2.12. The highest BCUT2D eigenvalue weighted by molar-refractivity contribution is 6.30. The number of fused-ring (bicyclic) bond motifs is 1. The smallest absolute Gasteiger partial charge is 0.355 e. The first-order valence-electron chi connectivity index (χ1n) is 7.03. The van der Waals surface area contributed by atoms with Gasteiger partial charge in [0.25, 0.3) is 5.78 Å². The molecule has 0 aliphatic heterocycles. The van der Waals surface area contributed by atoms with Gasteiger partial charge in [-0.15, -0.1) is 10.2 Å². The van der Waals surface area contributed by atoms with Crippen LogP contribution in [0.15, 0.2) is 30.6 Å². The monoisotopic (exact) mass is 381 g/mol. The van der Waals surface area contributed by atoms with Crippen LogP contribution in [-0.2, 0) is 11.3 Å². The largest absolute Gasteiger partial charge is 0.477 e. The average Bonchev–Trinajstić information content (AvgIpc) is 3.11. The summed E-state index contributed by atoms with van der Waals surface area (Å²) in [5.41, 5.74) is 5.85. The molecule has 11 heteroatoms. The average molecular weight is 382 g/mol. The second-order valence-electron chi connectivity index (χ2n) is 4.78. The molecule has 0 unspecified atom stereocenters. The van der Waals surface area contributed by atoms with Gasteiger partial charge in [-0.2, -0.15) is 0 Å². The normalized spacial score (nSPS) is 10.2. The lowest BCUT2D eigenvalue weighted by atomic mass is 10.2. The Hall–Kier alpha value is -3.11. The van der Waals surface area contributed by atoms with E-state index in [4.69, 9.17) is 22.4 Å². The third-order valence-corrected chi connectivity index (χ3v) is 3.41. The molecule has 0 amide bonds. The molecule has 2 aromatic heterocycles. The first kappa shape index (κ1) is 19.2. The SMILES string of the molecule is COC(=O)c1cc(C(=O)O)nc2nncn12.NCc1ccc(F)c(Cl)c1. The minimum Gasteiger partial charge on any atom is -0.477 e. The van der Waals surface area contributed by atoms with E-state index in [1.165, 1.54) is 30.0 Å². The summed E-state index contributed by atoms with van der Waals surface area (Å²) in [6.45, 7) is 0.389. The maximum atomic E-state index is 12.5. The number of esters is 1. The highest BCUT2D eigenvalue weighted by Crippen LogP contribution is 2.15. The van der Waals surface area contributed by atoms with Gasteiger partial charge < -0.3 is 15.6 Å². The summed E-state index contributed by atoms with van der Waals surface area (Å²) in [6, 6.07) is 5.55.